The number of hydrogen-bond acceptors (Lipinski definition) is 3. The summed E-state index contributed by atoms with van der Waals surface area (Å²) in [4.78, 5) is 25.4. The van der Waals surface area contributed by atoms with Gasteiger partial charge in [0.05, 0.1) is 6.42 Å². The van der Waals surface area contributed by atoms with E-state index in [-0.39, 0.29) is 18.0 Å². The molecule has 0 saturated carbocycles. The zero-order valence-electron chi connectivity index (χ0n) is 17.2. The summed E-state index contributed by atoms with van der Waals surface area (Å²) in [6.07, 6.45) is 0.148. The number of amides is 2. The Bertz CT molecular complexity index is 1070. The molecule has 2 N–H and O–H groups in total. The molecular formula is C24H21F3N2O2S. The predicted octanol–water partition coefficient (Wildman–Crippen LogP) is 5.85. The first-order valence-corrected chi connectivity index (χ1v) is 10.8. The van der Waals surface area contributed by atoms with Gasteiger partial charge in [-0.15, -0.1) is 11.8 Å². The van der Waals surface area contributed by atoms with Gasteiger partial charge in [-0.25, -0.2) is 4.39 Å². The highest BCUT2D eigenvalue weighted by atomic mass is 32.2. The molecule has 0 radical (unpaired) electrons. The molecule has 0 aliphatic heterocycles. The maximum Gasteiger partial charge on any atom is 0.350 e. The fourth-order valence-corrected chi connectivity index (χ4v) is 3.56. The number of benzene rings is 3. The minimum Gasteiger partial charge on any atom is -0.326 e. The van der Waals surface area contributed by atoms with E-state index in [9.17, 15) is 22.8 Å². The molecule has 4 nitrogen and oxygen atoms in total. The second-order valence-corrected chi connectivity index (χ2v) is 8.25. The van der Waals surface area contributed by atoms with E-state index in [1.807, 2.05) is 24.3 Å². The number of carbonyl (C=O) groups excluding carboxylic acids is 2. The summed E-state index contributed by atoms with van der Waals surface area (Å²) in [5.74, 6) is -5.21. The van der Waals surface area contributed by atoms with Crippen molar-refractivity contribution < 1.29 is 22.8 Å². The zero-order chi connectivity index (χ0) is 23.1. The third kappa shape index (κ3) is 6.13. The molecule has 3 aromatic carbocycles. The van der Waals surface area contributed by atoms with Crippen LogP contribution in [0.15, 0.2) is 77.7 Å². The van der Waals surface area contributed by atoms with Crippen molar-refractivity contribution in [2.75, 3.05) is 16.4 Å². The van der Waals surface area contributed by atoms with Crippen LogP contribution in [0.25, 0.3) is 0 Å². The Kier molecular flexibility index (Phi) is 7.58. The molecular weight excluding hydrogens is 437 g/mol. The number of carbonyl (C=O) groups is 2. The van der Waals surface area contributed by atoms with Crippen LogP contribution in [-0.2, 0) is 21.9 Å². The van der Waals surface area contributed by atoms with Gasteiger partial charge in [-0.2, -0.15) is 8.78 Å². The van der Waals surface area contributed by atoms with Crippen LogP contribution in [-0.4, -0.2) is 17.6 Å². The average Bonchev–Trinajstić information content (AvgIpc) is 2.77. The minimum atomic E-state index is -3.81. The SMILES string of the molecule is CCSc1ccc(CC(=O)Nc2ccc(C(F)(F)C(=O)Nc3ccc(F)cc3)cc2)cc1. The van der Waals surface area contributed by atoms with Gasteiger partial charge >= 0.3 is 5.92 Å². The molecule has 8 heteroatoms. The highest BCUT2D eigenvalue weighted by Crippen LogP contribution is 2.30. The summed E-state index contributed by atoms with van der Waals surface area (Å²) in [6.45, 7) is 2.06. The highest BCUT2D eigenvalue weighted by Gasteiger charge is 2.40. The molecule has 32 heavy (non-hydrogen) atoms. The first kappa shape index (κ1) is 23.4. The van der Waals surface area contributed by atoms with Crippen molar-refractivity contribution in [1.29, 1.82) is 0 Å². The Morgan fingerprint density at radius 3 is 2.00 bits per heavy atom. The second-order valence-electron chi connectivity index (χ2n) is 6.91. The normalized spacial score (nSPS) is 11.1. The molecule has 3 rings (SSSR count). The monoisotopic (exact) mass is 458 g/mol. The van der Waals surface area contributed by atoms with Crippen molar-refractivity contribution in [1.82, 2.24) is 0 Å². The van der Waals surface area contributed by atoms with Crippen molar-refractivity contribution in [3.8, 4) is 0 Å². The Balaban J connectivity index is 1.59. The second kappa shape index (κ2) is 10.4. The fourth-order valence-electron chi connectivity index (χ4n) is 2.90. The van der Waals surface area contributed by atoms with Gasteiger partial charge < -0.3 is 10.6 Å². The third-order valence-corrected chi connectivity index (χ3v) is 5.41. The van der Waals surface area contributed by atoms with E-state index in [0.717, 1.165) is 40.5 Å². The number of anilines is 2. The molecule has 0 spiro atoms. The van der Waals surface area contributed by atoms with E-state index in [0.29, 0.717) is 5.69 Å². The number of hydrogen-bond donors (Lipinski definition) is 2. The van der Waals surface area contributed by atoms with E-state index in [4.69, 9.17) is 0 Å². The van der Waals surface area contributed by atoms with Gasteiger partial charge in [0.15, 0.2) is 0 Å². The number of alkyl halides is 2. The molecule has 3 aromatic rings. The average molecular weight is 459 g/mol. The maximum absolute atomic E-state index is 14.5. The van der Waals surface area contributed by atoms with Gasteiger partial charge in [-0.05, 0) is 59.8 Å². The van der Waals surface area contributed by atoms with Crippen LogP contribution in [0.3, 0.4) is 0 Å². The van der Waals surface area contributed by atoms with Gasteiger partial charge in [0.1, 0.15) is 5.82 Å². The Hall–Kier alpha value is -3.26. The van der Waals surface area contributed by atoms with E-state index in [1.54, 1.807) is 11.8 Å². The molecule has 0 atom stereocenters. The topological polar surface area (TPSA) is 58.2 Å². The van der Waals surface area contributed by atoms with E-state index in [2.05, 4.69) is 17.6 Å². The lowest BCUT2D eigenvalue weighted by molar-refractivity contribution is -0.140. The van der Waals surface area contributed by atoms with E-state index in [1.165, 1.54) is 24.3 Å². The number of halogens is 3. The molecule has 0 aliphatic rings. The van der Waals surface area contributed by atoms with E-state index < -0.39 is 23.2 Å². The molecule has 0 heterocycles. The molecule has 0 aliphatic carbocycles. The van der Waals surface area contributed by atoms with Crippen LogP contribution < -0.4 is 10.6 Å². The molecule has 0 fully saturated rings. The summed E-state index contributed by atoms with van der Waals surface area (Å²) < 4.78 is 41.9. The van der Waals surface area contributed by atoms with Crippen molar-refractivity contribution in [2.45, 2.75) is 24.2 Å². The molecule has 2 amide bonds. The standard InChI is InChI=1S/C24H21F3N2O2S/c1-2-32-21-13-3-16(4-14-21)15-22(30)28-19-9-5-17(6-10-19)24(26,27)23(31)29-20-11-7-18(25)8-12-20/h3-14H,2,15H2,1H3,(H,28,30)(H,29,31). The lowest BCUT2D eigenvalue weighted by Gasteiger charge is -2.17. The summed E-state index contributed by atoms with van der Waals surface area (Å²) in [7, 11) is 0. The van der Waals surface area contributed by atoms with E-state index >= 15 is 0 Å². The summed E-state index contributed by atoms with van der Waals surface area (Å²) in [5.41, 5.74) is 0.704. The predicted molar refractivity (Wildman–Crippen MR) is 121 cm³/mol. The maximum atomic E-state index is 14.5. The molecule has 166 valence electrons. The van der Waals surface area contributed by atoms with Crippen molar-refractivity contribution >= 4 is 35.0 Å². The highest BCUT2D eigenvalue weighted by molar-refractivity contribution is 7.99. The quantitative estimate of drug-likeness (QED) is 0.417. The van der Waals surface area contributed by atoms with Crippen LogP contribution in [0.5, 0.6) is 0 Å². The first-order chi connectivity index (χ1) is 15.3. The lowest BCUT2D eigenvalue weighted by Crippen LogP contribution is -2.32. The summed E-state index contributed by atoms with van der Waals surface area (Å²) >= 11 is 1.71. The Labute approximate surface area is 188 Å². The Morgan fingerprint density at radius 1 is 0.844 bits per heavy atom. The smallest absolute Gasteiger partial charge is 0.326 e. The summed E-state index contributed by atoms with van der Waals surface area (Å²) in [5, 5.41) is 4.73. The molecule has 0 bridgehead atoms. The van der Waals surface area contributed by atoms with Crippen LogP contribution >= 0.6 is 11.8 Å². The molecule has 0 aromatic heterocycles. The van der Waals surface area contributed by atoms with Gasteiger partial charge in [0, 0.05) is 21.8 Å². The minimum absolute atomic E-state index is 0.0567. The van der Waals surface area contributed by atoms with Crippen LogP contribution in [0.2, 0.25) is 0 Å². The summed E-state index contributed by atoms with van der Waals surface area (Å²) in [6, 6.07) is 16.9. The van der Waals surface area contributed by atoms with Gasteiger partial charge in [0.25, 0.3) is 5.91 Å². The Morgan fingerprint density at radius 2 is 1.41 bits per heavy atom. The van der Waals surface area contributed by atoms with Crippen LogP contribution in [0, 0.1) is 5.82 Å². The van der Waals surface area contributed by atoms with Gasteiger partial charge in [-0.3, -0.25) is 9.59 Å². The molecule has 0 unspecified atom stereocenters. The number of thioether (sulfide) groups is 1. The number of nitrogens with one attached hydrogen (secondary N) is 2. The van der Waals surface area contributed by atoms with Gasteiger partial charge in [0.2, 0.25) is 5.91 Å². The third-order valence-electron chi connectivity index (χ3n) is 4.52. The fraction of sp³-hybridized carbons (Fsp3) is 0.167. The van der Waals surface area contributed by atoms with Crippen LogP contribution in [0.4, 0.5) is 24.5 Å². The van der Waals surface area contributed by atoms with Crippen LogP contribution in [0.1, 0.15) is 18.1 Å². The zero-order valence-corrected chi connectivity index (χ0v) is 18.0. The molecule has 0 saturated heterocycles. The number of rotatable bonds is 8. The first-order valence-electron chi connectivity index (χ1n) is 9.85. The van der Waals surface area contributed by atoms with Crippen molar-refractivity contribution in [3.05, 3.63) is 89.7 Å². The van der Waals surface area contributed by atoms with Crippen molar-refractivity contribution in [3.63, 3.8) is 0 Å². The van der Waals surface area contributed by atoms with Crippen molar-refractivity contribution in [2.24, 2.45) is 0 Å². The lowest BCUT2D eigenvalue weighted by atomic mass is 10.1. The largest absolute Gasteiger partial charge is 0.350 e. The van der Waals surface area contributed by atoms with Gasteiger partial charge in [-0.1, -0.05) is 31.2 Å².